The summed E-state index contributed by atoms with van der Waals surface area (Å²) in [5, 5.41) is 9.50. The molecule has 1 N–H and O–H groups in total. The molecule has 0 saturated carbocycles. The molecule has 0 heterocycles. The maximum absolute atomic E-state index is 12.8. The van der Waals surface area contributed by atoms with Gasteiger partial charge in [0.05, 0.1) is 10.6 Å². The minimum atomic E-state index is -3.58. The summed E-state index contributed by atoms with van der Waals surface area (Å²) in [7, 11) is -3.58. The first kappa shape index (κ1) is 12.4. The predicted octanol–water partition coefficient (Wildman–Crippen LogP) is 2.61. The summed E-state index contributed by atoms with van der Waals surface area (Å²) in [6, 6.07) is 16.7. The van der Waals surface area contributed by atoms with Crippen LogP contribution in [0.4, 0.5) is 4.79 Å². The summed E-state index contributed by atoms with van der Waals surface area (Å²) < 4.78 is 17.5. The average molecular weight is 262 g/mol. The van der Waals surface area contributed by atoms with E-state index in [2.05, 4.69) is 4.52 Å². The van der Waals surface area contributed by atoms with Crippen molar-refractivity contribution in [2.24, 2.45) is 0 Å². The maximum Gasteiger partial charge on any atom is 0.511 e. The molecule has 0 unspecified atom stereocenters. The monoisotopic (exact) mass is 262 g/mol. The fraction of sp³-hybridized carbons (Fsp3) is 0. The SMILES string of the molecule is O=C(O)OP(=O)(c1ccccc1)c1ccccc1. The summed E-state index contributed by atoms with van der Waals surface area (Å²) >= 11 is 0. The van der Waals surface area contributed by atoms with Gasteiger partial charge in [-0.3, -0.25) is 4.57 Å². The summed E-state index contributed by atoms with van der Waals surface area (Å²) in [5.41, 5.74) is 0. The Morgan fingerprint density at radius 3 is 1.61 bits per heavy atom. The van der Waals surface area contributed by atoms with Gasteiger partial charge in [-0.05, 0) is 24.3 Å². The normalized spacial score (nSPS) is 10.9. The van der Waals surface area contributed by atoms with Gasteiger partial charge in [0.2, 0.25) is 0 Å². The molecule has 0 aliphatic heterocycles. The minimum absolute atomic E-state index is 0.360. The van der Waals surface area contributed by atoms with Gasteiger partial charge in [0.1, 0.15) is 0 Å². The standard InChI is InChI=1S/C13H11O4P/c14-13(15)17-18(16,11-7-3-1-4-8-11)12-9-5-2-6-10-12/h1-10H,(H,14,15). The highest BCUT2D eigenvalue weighted by atomic mass is 31.2. The smallest absolute Gasteiger partial charge is 0.449 e. The molecule has 0 fully saturated rings. The van der Waals surface area contributed by atoms with Gasteiger partial charge in [-0.2, -0.15) is 0 Å². The van der Waals surface area contributed by atoms with Crippen molar-refractivity contribution in [2.75, 3.05) is 0 Å². The minimum Gasteiger partial charge on any atom is -0.449 e. The Bertz CT molecular complexity index is 537. The lowest BCUT2D eigenvalue weighted by molar-refractivity contribution is 0.147. The number of carboxylic acid groups (broad SMARTS) is 1. The number of hydrogen-bond donors (Lipinski definition) is 1. The fourth-order valence-electron chi connectivity index (χ4n) is 1.61. The highest BCUT2D eigenvalue weighted by Crippen LogP contribution is 2.44. The van der Waals surface area contributed by atoms with Crippen molar-refractivity contribution in [1.82, 2.24) is 0 Å². The van der Waals surface area contributed by atoms with Crippen molar-refractivity contribution in [2.45, 2.75) is 0 Å². The molecular weight excluding hydrogens is 251 g/mol. The van der Waals surface area contributed by atoms with E-state index in [1.165, 1.54) is 0 Å². The first-order chi connectivity index (χ1) is 8.63. The quantitative estimate of drug-likeness (QED) is 0.863. The van der Waals surface area contributed by atoms with Crippen molar-refractivity contribution in [3.05, 3.63) is 60.7 Å². The second-order valence-corrected chi connectivity index (χ2v) is 5.90. The van der Waals surface area contributed by atoms with Crippen LogP contribution in [0.25, 0.3) is 0 Å². The zero-order chi connectivity index (χ0) is 13.0. The summed E-state index contributed by atoms with van der Waals surface area (Å²) in [5.74, 6) is 0. The molecule has 0 atom stereocenters. The number of benzene rings is 2. The van der Waals surface area contributed by atoms with Crippen molar-refractivity contribution in [3.8, 4) is 0 Å². The Morgan fingerprint density at radius 1 is 0.889 bits per heavy atom. The van der Waals surface area contributed by atoms with Crippen LogP contribution in [0.15, 0.2) is 60.7 Å². The van der Waals surface area contributed by atoms with Gasteiger partial charge >= 0.3 is 13.5 Å². The summed E-state index contributed by atoms with van der Waals surface area (Å²) in [6.07, 6.45) is -1.55. The zero-order valence-corrected chi connectivity index (χ0v) is 10.3. The average Bonchev–Trinajstić information content (AvgIpc) is 2.40. The molecule has 0 spiro atoms. The van der Waals surface area contributed by atoms with Crippen LogP contribution in [0.5, 0.6) is 0 Å². The molecule has 92 valence electrons. The number of hydrogen-bond acceptors (Lipinski definition) is 3. The zero-order valence-electron chi connectivity index (χ0n) is 9.39. The molecule has 2 rings (SSSR count). The van der Waals surface area contributed by atoms with Gasteiger partial charge < -0.3 is 9.63 Å². The molecule has 5 heteroatoms. The predicted molar refractivity (Wildman–Crippen MR) is 68.9 cm³/mol. The third-order valence-corrected chi connectivity index (χ3v) is 4.77. The van der Waals surface area contributed by atoms with Gasteiger partial charge in [0.15, 0.2) is 0 Å². The Kier molecular flexibility index (Phi) is 3.49. The third-order valence-electron chi connectivity index (χ3n) is 2.40. The Balaban J connectivity index is 2.55. The van der Waals surface area contributed by atoms with Crippen LogP contribution in [0.3, 0.4) is 0 Å². The van der Waals surface area contributed by atoms with Crippen molar-refractivity contribution in [1.29, 1.82) is 0 Å². The highest BCUT2D eigenvalue weighted by Gasteiger charge is 2.31. The first-order valence-corrected chi connectivity index (χ1v) is 6.89. The largest absolute Gasteiger partial charge is 0.511 e. The summed E-state index contributed by atoms with van der Waals surface area (Å²) in [4.78, 5) is 10.8. The lowest BCUT2D eigenvalue weighted by Gasteiger charge is -2.16. The second kappa shape index (κ2) is 5.07. The topological polar surface area (TPSA) is 63.6 Å². The van der Waals surface area contributed by atoms with Crippen molar-refractivity contribution < 1.29 is 19.0 Å². The third kappa shape index (κ3) is 2.44. The maximum atomic E-state index is 12.8. The van der Waals surface area contributed by atoms with E-state index >= 15 is 0 Å². The molecule has 18 heavy (non-hydrogen) atoms. The van der Waals surface area contributed by atoms with E-state index < -0.39 is 13.5 Å². The molecule has 0 amide bonds. The Labute approximate surface area is 104 Å². The van der Waals surface area contributed by atoms with Crippen LogP contribution < -0.4 is 10.6 Å². The molecule has 0 saturated heterocycles. The lowest BCUT2D eigenvalue weighted by atomic mass is 10.4. The van der Waals surface area contributed by atoms with Crippen LogP contribution in [0.1, 0.15) is 0 Å². The van der Waals surface area contributed by atoms with Crippen molar-refractivity contribution in [3.63, 3.8) is 0 Å². The molecule has 0 aromatic heterocycles. The molecular formula is C13H11O4P. The second-order valence-electron chi connectivity index (χ2n) is 3.58. The van der Waals surface area contributed by atoms with E-state index in [1.54, 1.807) is 60.7 Å². The number of carbonyl (C=O) groups is 1. The van der Waals surface area contributed by atoms with E-state index in [4.69, 9.17) is 5.11 Å². The van der Waals surface area contributed by atoms with Gasteiger partial charge in [-0.25, -0.2) is 4.79 Å². The van der Waals surface area contributed by atoms with Gasteiger partial charge in [-0.15, -0.1) is 0 Å². The van der Waals surface area contributed by atoms with E-state index in [0.29, 0.717) is 10.6 Å². The molecule has 4 nitrogen and oxygen atoms in total. The van der Waals surface area contributed by atoms with Crippen LogP contribution in [0, 0.1) is 0 Å². The molecule has 2 aromatic carbocycles. The first-order valence-electron chi connectivity index (χ1n) is 5.27. The van der Waals surface area contributed by atoms with E-state index in [0.717, 1.165) is 0 Å². The van der Waals surface area contributed by atoms with Gasteiger partial charge in [0.25, 0.3) is 0 Å². The number of rotatable bonds is 3. The lowest BCUT2D eigenvalue weighted by Crippen LogP contribution is -2.19. The van der Waals surface area contributed by atoms with Crippen LogP contribution in [-0.2, 0) is 9.09 Å². The Morgan fingerprint density at radius 2 is 1.28 bits per heavy atom. The highest BCUT2D eigenvalue weighted by molar-refractivity contribution is 7.74. The molecule has 0 aliphatic carbocycles. The van der Waals surface area contributed by atoms with E-state index in [1.807, 2.05) is 0 Å². The molecule has 0 aliphatic rings. The van der Waals surface area contributed by atoms with Crippen LogP contribution in [0.2, 0.25) is 0 Å². The van der Waals surface area contributed by atoms with Gasteiger partial charge in [0, 0.05) is 0 Å². The van der Waals surface area contributed by atoms with Crippen molar-refractivity contribution >= 4 is 24.1 Å². The molecule has 0 bridgehead atoms. The van der Waals surface area contributed by atoms with E-state index in [-0.39, 0.29) is 0 Å². The van der Waals surface area contributed by atoms with Crippen LogP contribution in [-0.4, -0.2) is 11.3 Å². The molecule has 0 radical (unpaired) electrons. The fourth-order valence-corrected chi connectivity index (χ4v) is 3.47. The Hall–Kier alpha value is -2.06. The van der Waals surface area contributed by atoms with Gasteiger partial charge in [-0.1, -0.05) is 36.4 Å². The molecule has 2 aromatic rings. The summed E-state index contributed by atoms with van der Waals surface area (Å²) in [6.45, 7) is 0. The van der Waals surface area contributed by atoms with E-state index in [9.17, 15) is 9.36 Å². The van der Waals surface area contributed by atoms with Crippen LogP contribution >= 0.6 is 7.37 Å².